The van der Waals surface area contributed by atoms with E-state index in [0.717, 1.165) is 24.2 Å². The normalized spacial score (nSPS) is 15.6. The molecule has 0 saturated carbocycles. The summed E-state index contributed by atoms with van der Waals surface area (Å²) in [5.74, 6) is 2.55. The van der Waals surface area contributed by atoms with E-state index < -0.39 is 0 Å². The number of amides is 1. The number of benzene rings is 2. The van der Waals surface area contributed by atoms with Crippen LogP contribution in [0, 0.1) is 0 Å². The maximum absolute atomic E-state index is 13.0. The van der Waals surface area contributed by atoms with Gasteiger partial charge in [0.2, 0.25) is 11.6 Å². The van der Waals surface area contributed by atoms with Gasteiger partial charge in [-0.1, -0.05) is 29.8 Å². The number of ether oxygens (including phenoxy) is 3. The van der Waals surface area contributed by atoms with Crippen molar-refractivity contribution in [3.63, 3.8) is 0 Å². The zero-order valence-electron chi connectivity index (χ0n) is 18.0. The van der Waals surface area contributed by atoms with Crippen molar-refractivity contribution in [3.05, 3.63) is 70.9 Å². The molecule has 32 heavy (non-hydrogen) atoms. The topological polar surface area (TPSA) is 74.0 Å². The molecule has 1 saturated heterocycles. The number of halogens is 1. The number of para-hydroxylation sites is 1. The van der Waals surface area contributed by atoms with E-state index in [2.05, 4.69) is 4.98 Å². The van der Waals surface area contributed by atoms with Gasteiger partial charge in [-0.25, -0.2) is 4.98 Å². The molecule has 1 atom stereocenters. The molecule has 1 aliphatic heterocycles. The fraction of sp³-hybridized carbons (Fsp3) is 0.333. The molecule has 8 heteroatoms. The number of rotatable bonds is 8. The Morgan fingerprint density at radius 1 is 1.19 bits per heavy atom. The summed E-state index contributed by atoms with van der Waals surface area (Å²) in [6.07, 6.45) is 3.97. The van der Waals surface area contributed by atoms with Crippen LogP contribution in [0.25, 0.3) is 0 Å². The molecule has 1 amide bonds. The van der Waals surface area contributed by atoms with Crippen LogP contribution >= 0.6 is 11.6 Å². The molecule has 0 bridgehead atoms. The van der Waals surface area contributed by atoms with Crippen molar-refractivity contribution < 1.29 is 23.4 Å². The lowest BCUT2D eigenvalue weighted by molar-refractivity contribution is -0.134. The minimum absolute atomic E-state index is 0.136. The van der Waals surface area contributed by atoms with Gasteiger partial charge in [-0.05, 0) is 42.7 Å². The summed E-state index contributed by atoms with van der Waals surface area (Å²) in [7, 11) is 3.09. The molecular formula is C24H25ClN2O5. The number of methoxy groups -OCH3 is 2. The summed E-state index contributed by atoms with van der Waals surface area (Å²) in [6, 6.07) is 12.7. The van der Waals surface area contributed by atoms with E-state index in [4.69, 9.17) is 30.2 Å². The largest absolute Gasteiger partial charge is 0.493 e. The Labute approximate surface area is 191 Å². The van der Waals surface area contributed by atoms with Crippen LogP contribution in [0.4, 0.5) is 0 Å². The molecule has 0 spiro atoms. The average Bonchev–Trinajstić information content (AvgIpc) is 3.46. The summed E-state index contributed by atoms with van der Waals surface area (Å²) in [5, 5.41) is 0.682. The molecular weight excluding hydrogens is 432 g/mol. The minimum atomic E-state index is -0.209. The van der Waals surface area contributed by atoms with Crippen LogP contribution in [-0.4, -0.2) is 43.2 Å². The smallest absolute Gasteiger partial charge is 0.261 e. The van der Waals surface area contributed by atoms with Crippen LogP contribution < -0.4 is 14.2 Å². The van der Waals surface area contributed by atoms with Crippen molar-refractivity contribution in [1.82, 2.24) is 9.88 Å². The molecule has 3 aromatic rings. The van der Waals surface area contributed by atoms with E-state index in [-0.39, 0.29) is 18.6 Å². The van der Waals surface area contributed by atoms with Crippen molar-refractivity contribution >= 4 is 17.5 Å². The molecule has 1 aromatic heterocycles. The summed E-state index contributed by atoms with van der Waals surface area (Å²) in [4.78, 5) is 19.2. The van der Waals surface area contributed by atoms with E-state index in [1.807, 2.05) is 24.3 Å². The first kappa shape index (κ1) is 22.0. The second kappa shape index (κ2) is 9.96. The third-order valence-corrected chi connectivity index (χ3v) is 5.65. The Morgan fingerprint density at radius 2 is 1.94 bits per heavy atom. The van der Waals surface area contributed by atoms with Crippen LogP contribution in [0.1, 0.15) is 36.1 Å². The lowest BCUT2D eigenvalue weighted by Gasteiger charge is -2.23. The molecule has 2 aromatic carbocycles. The molecule has 1 aliphatic rings. The van der Waals surface area contributed by atoms with Gasteiger partial charge >= 0.3 is 0 Å². The lowest BCUT2D eigenvalue weighted by atomic mass is 10.1. The highest BCUT2D eigenvalue weighted by atomic mass is 35.5. The SMILES string of the molecule is COc1cccc(OC)c1OCC(=O)N1CCC[C@@H]1c1ncc(Cc2cccc(Cl)c2)o1. The Bertz CT molecular complexity index is 1060. The van der Waals surface area contributed by atoms with Gasteiger partial charge in [-0.2, -0.15) is 0 Å². The molecule has 7 nitrogen and oxygen atoms in total. The number of hydrogen-bond donors (Lipinski definition) is 0. The standard InChI is InChI=1S/C24H25ClN2O5/c1-29-20-9-4-10-21(30-2)23(20)31-15-22(28)27-11-5-8-19(27)24-26-14-18(32-24)13-16-6-3-7-17(25)12-16/h3-4,6-7,9-10,12,14,19H,5,8,11,13,15H2,1-2H3/t19-/m1/s1. The summed E-state index contributed by atoms with van der Waals surface area (Å²) in [5.41, 5.74) is 1.04. The van der Waals surface area contributed by atoms with Gasteiger partial charge < -0.3 is 23.5 Å². The predicted octanol–water partition coefficient (Wildman–Crippen LogP) is 4.68. The summed E-state index contributed by atoms with van der Waals surface area (Å²) in [6.45, 7) is 0.491. The molecule has 4 rings (SSSR count). The highest BCUT2D eigenvalue weighted by Crippen LogP contribution is 2.37. The van der Waals surface area contributed by atoms with Crippen LogP contribution in [-0.2, 0) is 11.2 Å². The quantitative estimate of drug-likeness (QED) is 0.490. The predicted molar refractivity (Wildman–Crippen MR) is 119 cm³/mol. The second-order valence-corrected chi connectivity index (χ2v) is 7.93. The number of likely N-dealkylation sites (tertiary alicyclic amines) is 1. The number of aromatic nitrogens is 1. The first-order valence-electron chi connectivity index (χ1n) is 10.4. The van der Waals surface area contributed by atoms with Crippen molar-refractivity contribution in [1.29, 1.82) is 0 Å². The Hall–Kier alpha value is -3.19. The number of nitrogens with zero attached hydrogens (tertiary/aromatic N) is 2. The first-order chi connectivity index (χ1) is 15.6. The fourth-order valence-corrected chi connectivity index (χ4v) is 4.12. The second-order valence-electron chi connectivity index (χ2n) is 7.50. The van der Waals surface area contributed by atoms with Gasteiger partial charge in [-0.15, -0.1) is 0 Å². The third kappa shape index (κ3) is 4.83. The maximum Gasteiger partial charge on any atom is 0.261 e. The molecule has 2 heterocycles. The lowest BCUT2D eigenvalue weighted by Crippen LogP contribution is -2.34. The van der Waals surface area contributed by atoms with E-state index in [0.29, 0.717) is 41.1 Å². The summed E-state index contributed by atoms with van der Waals surface area (Å²) < 4.78 is 22.5. The minimum Gasteiger partial charge on any atom is -0.493 e. The van der Waals surface area contributed by atoms with Crippen LogP contribution in [0.2, 0.25) is 5.02 Å². The molecule has 0 radical (unpaired) electrons. The van der Waals surface area contributed by atoms with Gasteiger partial charge in [0.25, 0.3) is 5.91 Å². The molecule has 0 aliphatic carbocycles. The van der Waals surface area contributed by atoms with E-state index >= 15 is 0 Å². The van der Waals surface area contributed by atoms with Crippen LogP contribution in [0.3, 0.4) is 0 Å². The molecule has 1 fully saturated rings. The van der Waals surface area contributed by atoms with Crippen molar-refractivity contribution in [2.45, 2.75) is 25.3 Å². The van der Waals surface area contributed by atoms with Gasteiger partial charge in [-0.3, -0.25) is 4.79 Å². The molecule has 168 valence electrons. The van der Waals surface area contributed by atoms with Crippen molar-refractivity contribution in [3.8, 4) is 17.2 Å². The fourth-order valence-electron chi connectivity index (χ4n) is 3.90. The highest BCUT2D eigenvalue weighted by Gasteiger charge is 2.33. The first-order valence-corrected chi connectivity index (χ1v) is 10.8. The van der Waals surface area contributed by atoms with E-state index in [9.17, 15) is 4.79 Å². The number of oxazole rings is 1. The van der Waals surface area contributed by atoms with Crippen molar-refractivity contribution in [2.75, 3.05) is 27.4 Å². The molecule has 0 unspecified atom stereocenters. The van der Waals surface area contributed by atoms with Gasteiger partial charge in [0.15, 0.2) is 18.1 Å². The Balaban J connectivity index is 1.43. The number of carbonyl (C=O) groups is 1. The maximum atomic E-state index is 13.0. The summed E-state index contributed by atoms with van der Waals surface area (Å²) >= 11 is 6.07. The zero-order chi connectivity index (χ0) is 22.5. The number of carbonyl (C=O) groups excluding carboxylic acids is 1. The Kier molecular flexibility index (Phi) is 6.85. The van der Waals surface area contributed by atoms with Crippen LogP contribution in [0.5, 0.6) is 17.2 Å². The monoisotopic (exact) mass is 456 g/mol. The van der Waals surface area contributed by atoms with E-state index in [1.54, 1.807) is 43.5 Å². The van der Waals surface area contributed by atoms with Gasteiger partial charge in [0, 0.05) is 18.0 Å². The highest BCUT2D eigenvalue weighted by molar-refractivity contribution is 6.30. The third-order valence-electron chi connectivity index (χ3n) is 5.42. The average molecular weight is 457 g/mol. The molecule has 0 N–H and O–H groups in total. The van der Waals surface area contributed by atoms with Gasteiger partial charge in [0.05, 0.1) is 20.4 Å². The number of hydrogen-bond acceptors (Lipinski definition) is 6. The van der Waals surface area contributed by atoms with Gasteiger partial charge in [0.1, 0.15) is 11.8 Å². The van der Waals surface area contributed by atoms with Crippen molar-refractivity contribution in [2.24, 2.45) is 0 Å². The Morgan fingerprint density at radius 3 is 2.66 bits per heavy atom. The van der Waals surface area contributed by atoms with E-state index in [1.165, 1.54) is 0 Å². The zero-order valence-corrected chi connectivity index (χ0v) is 18.8. The van der Waals surface area contributed by atoms with Crippen LogP contribution in [0.15, 0.2) is 53.1 Å².